The van der Waals surface area contributed by atoms with Crippen LogP contribution in [0, 0.1) is 0 Å². The van der Waals surface area contributed by atoms with E-state index in [0.717, 1.165) is 5.56 Å². The zero-order chi connectivity index (χ0) is 18.4. The second kappa shape index (κ2) is 8.65. The number of aryl methyl sites for hydroxylation is 1. The maximum Gasteiger partial charge on any atom is 0.303 e. The van der Waals surface area contributed by atoms with Crippen molar-refractivity contribution in [3.8, 4) is 0 Å². The van der Waals surface area contributed by atoms with Crippen molar-refractivity contribution in [2.45, 2.75) is 26.4 Å². The molecule has 5 nitrogen and oxygen atoms in total. The van der Waals surface area contributed by atoms with Crippen LogP contribution in [0.15, 0.2) is 42.5 Å². The van der Waals surface area contributed by atoms with Crippen molar-refractivity contribution in [3.05, 3.63) is 64.2 Å². The molecule has 0 atom stereocenters. The van der Waals surface area contributed by atoms with Gasteiger partial charge in [-0.25, -0.2) is 0 Å². The van der Waals surface area contributed by atoms with E-state index in [1.807, 2.05) is 6.92 Å². The van der Waals surface area contributed by atoms with E-state index in [0.29, 0.717) is 28.4 Å². The molecule has 2 aromatic carbocycles. The molecule has 0 unspecified atom stereocenters. The third-order valence-electron chi connectivity index (χ3n) is 3.88. The Balaban J connectivity index is 2.39. The highest BCUT2D eigenvalue weighted by atomic mass is 35.5. The summed E-state index contributed by atoms with van der Waals surface area (Å²) in [5.74, 6) is -1.10. The first kappa shape index (κ1) is 19.0. The average Bonchev–Trinajstić information content (AvgIpc) is 2.61. The van der Waals surface area contributed by atoms with Crippen LogP contribution in [0.5, 0.6) is 0 Å². The molecule has 0 aliphatic rings. The lowest BCUT2D eigenvalue weighted by Gasteiger charge is -2.24. The third-order valence-corrected chi connectivity index (χ3v) is 4.13. The summed E-state index contributed by atoms with van der Waals surface area (Å²) in [5.41, 5.74) is 2.56. The number of anilines is 1. The molecule has 0 aliphatic carbocycles. The predicted molar refractivity (Wildman–Crippen MR) is 97.1 cm³/mol. The van der Waals surface area contributed by atoms with E-state index in [1.165, 1.54) is 0 Å². The van der Waals surface area contributed by atoms with Crippen molar-refractivity contribution >= 4 is 29.2 Å². The van der Waals surface area contributed by atoms with Gasteiger partial charge in [-0.3, -0.25) is 9.59 Å². The fourth-order valence-electron chi connectivity index (χ4n) is 2.61. The van der Waals surface area contributed by atoms with Crippen LogP contribution in [0.3, 0.4) is 0 Å². The third kappa shape index (κ3) is 4.81. The normalized spacial score (nSPS) is 10.5. The van der Waals surface area contributed by atoms with E-state index in [-0.39, 0.29) is 25.4 Å². The first-order valence-corrected chi connectivity index (χ1v) is 8.36. The van der Waals surface area contributed by atoms with Gasteiger partial charge in [0.05, 0.1) is 6.61 Å². The minimum atomic E-state index is -0.910. The second-order valence-corrected chi connectivity index (χ2v) is 6.01. The molecule has 0 bridgehead atoms. The highest BCUT2D eigenvalue weighted by Gasteiger charge is 2.19. The van der Waals surface area contributed by atoms with Crippen molar-refractivity contribution in [3.63, 3.8) is 0 Å². The topological polar surface area (TPSA) is 77.8 Å². The molecule has 0 saturated heterocycles. The number of carbonyl (C=O) groups is 2. The molecule has 25 heavy (non-hydrogen) atoms. The number of hydrogen-bond donors (Lipinski definition) is 2. The molecule has 6 heteroatoms. The Kier molecular flexibility index (Phi) is 6.56. The van der Waals surface area contributed by atoms with Gasteiger partial charge in [-0.15, -0.1) is 0 Å². The average molecular weight is 362 g/mol. The van der Waals surface area contributed by atoms with Crippen LogP contribution in [0.25, 0.3) is 0 Å². The number of carboxylic acids is 1. The number of aliphatic hydroxyl groups is 1. The van der Waals surface area contributed by atoms with Gasteiger partial charge in [0.1, 0.15) is 0 Å². The molecular weight excluding hydrogens is 342 g/mol. The minimum absolute atomic E-state index is 0.0471. The first-order chi connectivity index (χ1) is 12.0. The Hall–Kier alpha value is -2.37. The summed E-state index contributed by atoms with van der Waals surface area (Å²) >= 11 is 5.87. The van der Waals surface area contributed by atoms with E-state index >= 15 is 0 Å². The highest BCUT2D eigenvalue weighted by Crippen LogP contribution is 2.26. The number of nitrogens with zero attached hydrogens (tertiary/aromatic N) is 1. The number of amides is 1. The quantitative estimate of drug-likeness (QED) is 0.791. The second-order valence-electron chi connectivity index (χ2n) is 5.57. The van der Waals surface area contributed by atoms with E-state index in [9.17, 15) is 14.7 Å². The van der Waals surface area contributed by atoms with Gasteiger partial charge >= 0.3 is 5.97 Å². The van der Waals surface area contributed by atoms with Gasteiger partial charge in [-0.05, 0) is 54.8 Å². The van der Waals surface area contributed by atoms with Crippen molar-refractivity contribution in [2.24, 2.45) is 0 Å². The van der Waals surface area contributed by atoms with Crippen LogP contribution in [-0.4, -0.2) is 28.6 Å². The molecule has 132 valence electrons. The molecule has 0 radical (unpaired) electrons. The smallest absolute Gasteiger partial charge is 0.303 e. The van der Waals surface area contributed by atoms with E-state index < -0.39 is 5.97 Å². The molecule has 0 spiro atoms. The number of aliphatic carboxylic acids is 1. The number of carboxylic acid groups (broad SMARTS) is 1. The number of aliphatic hydroxyl groups excluding tert-OH is 1. The summed E-state index contributed by atoms with van der Waals surface area (Å²) in [4.78, 5) is 25.4. The van der Waals surface area contributed by atoms with E-state index in [4.69, 9.17) is 16.7 Å². The summed E-state index contributed by atoms with van der Waals surface area (Å²) in [6.45, 7) is 2.15. The van der Waals surface area contributed by atoms with E-state index in [2.05, 4.69) is 0 Å². The largest absolute Gasteiger partial charge is 0.481 e. The van der Waals surface area contributed by atoms with Gasteiger partial charge in [0.15, 0.2) is 0 Å². The molecule has 2 rings (SSSR count). The summed E-state index contributed by atoms with van der Waals surface area (Å²) in [7, 11) is 0. The van der Waals surface area contributed by atoms with Crippen molar-refractivity contribution in [1.82, 2.24) is 0 Å². The lowest BCUT2D eigenvalue weighted by atomic mass is 10.0. The Morgan fingerprint density at radius 1 is 1.12 bits per heavy atom. The summed E-state index contributed by atoms with van der Waals surface area (Å²) in [6.07, 6.45) is 0.234. The highest BCUT2D eigenvalue weighted by molar-refractivity contribution is 6.30. The predicted octanol–water partition coefficient (Wildman–Crippen LogP) is 3.52. The van der Waals surface area contributed by atoms with Crippen LogP contribution < -0.4 is 4.90 Å². The van der Waals surface area contributed by atoms with Crippen molar-refractivity contribution in [2.75, 3.05) is 11.4 Å². The Morgan fingerprint density at radius 3 is 2.36 bits per heavy atom. The number of carbonyl (C=O) groups excluding carboxylic acids is 1. The summed E-state index contributed by atoms with van der Waals surface area (Å²) in [5, 5.41) is 18.8. The first-order valence-electron chi connectivity index (χ1n) is 7.98. The molecular formula is C19H20ClNO4. The molecule has 0 heterocycles. The number of benzene rings is 2. The van der Waals surface area contributed by atoms with E-state index in [1.54, 1.807) is 47.4 Å². The van der Waals surface area contributed by atoms with Gasteiger partial charge < -0.3 is 15.1 Å². The minimum Gasteiger partial charge on any atom is -0.481 e. The standard InChI is InChI=1S/C19H20ClNO4/c1-2-21(19(25)14-4-7-16(20)8-5-14)17-9-3-13(12-22)11-15(17)6-10-18(23)24/h3-5,7-9,11,22H,2,6,10,12H2,1H3,(H,23,24). The van der Waals surface area contributed by atoms with Crippen LogP contribution in [0.4, 0.5) is 5.69 Å². The molecule has 0 fully saturated rings. The number of rotatable bonds is 7. The van der Waals surface area contributed by atoms with Crippen LogP contribution in [-0.2, 0) is 17.8 Å². The van der Waals surface area contributed by atoms with Gasteiger partial charge in [0.25, 0.3) is 5.91 Å². The molecule has 0 aromatic heterocycles. The maximum atomic E-state index is 12.8. The SMILES string of the molecule is CCN(C(=O)c1ccc(Cl)cc1)c1ccc(CO)cc1CCC(=O)O. The summed E-state index contributed by atoms with van der Waals surface area (Å²) < 4.78 is 0. The van der Waals surface area contributed by atoms with Crippen molar-refractivity contribution < 1.29 is 19.8 Å². The Bertz CT molecular complexity index is 759. The fraction of sp³-hybridized carbons (Fsp3) is 0.263. The molecule has 0 aliphatic heterocycles. The van der Waals surface area contributed by atoms with Gasteiger partial charge in [0.2, 0.25) is 0 Å². The van der Waals surface area contributed by atoms with Crippen LogP contribution >= 0.6 is 11.6 Å². The maximum absolute atomic E-state index is 12.8. The number of hydrogen-bond acceptors (Lipinski definition) is 3. The molecule has 1 amide bonds. The molecule has 0 saturated carbocycles. The van der Waals surface area contributed by atoms with Gasteiger partial charge in [-0.1, -0.05) is 23.7 Å². The number of halogens is 1. The summed E-state index contributed by atoms with van der Waals surface area (Å²) in [6, 6.07) is 11.9. The lowest BCUT2D eigenvalue weighted by molar-refractivity contribution is -0.136. The molecule has 2 N–H and O–H groups in total. The van der Waals surface area contributed by atoms with Gasteiger partial charge in [-0.2, -0.15) is 0 Å². The Morgan fingerprint density at radius 2 is 1.80 bits per heavy atom. The van der Waals surface area contributed by atoms with Crippen molar-refractivity contribution in [1.29, 1.82) is 0 Å². The molecule has 2 aromatic rings. The zero-order valence-corrected chi connectivity index (χ0v) is 14.7. The lowest BCUT2D eigenvalue weighted by Crippen LogP contribution is -2.31. The van der Waals surface area contributed by atoms with Gasteiger partial charge in [0, 0.05) is 29.2 Å². The fourth-order valence-corrected chi connectivity index (χ4v) is 2.74. The Labute approximate surface area is 151 Å². The zero-order valence-electron chi connectivity index (χ0n) is 13.9. The van der Waals surface area contributed by atoms with Crippen LogP contribution in [0.2, 0.25) is 5.02 Å². The van der Waals surface area contributed by atoms with Crippen LogP contribution in [0.1, 0.15) is 34.8 Å². The monoisotopic (exact) mass is 361 g/mol.